The van der Waals surface area contributed by atoms with Gasteiger partial charge in [0.2, 0.25) is 0 Å². The van der Waals surface area contributed by atoms with Gasteiger partial charge in [-0.1, -0.05) is 176 Å². The van der Waals surface area contributed by atoms with Crippen molar-refractivity contribution in [3.63, 3.8) is 0 Å². The fourth-order valence-corrected chi connectivity index (χ4v) is 8.63. The molecule has 0 radical (unpaired) electrons. The molecular weight excluding hydrogens is 719 g/mol. The lowest BCUT2D eigenvalue weighted by Crippen LogP contribution is -2.39. The molecule has 2 aromatic heterocycles. The molecule has 59 heavy (non-hydrogen) atoms. The van der Waals surface area contributed by atoms with Gasteiger partial charge < -0.3 is 5.32 Å². The molecule has 0 amide bonds. The summed E-state index contributed by atoms with van der Waals surface area (Å²) in [6, 6.07) is 69.1. The molecule has 280 valence electrons. The molecular formula is C54H39N5. The Labute approximate surface area is 343 Å². The Morgan fingerprint density at radius 2 is 0.983 bits per heavy atom. The van der Waals surface area contributed by atoms with Crippen molar-refractivity contribution >= 4 is 38.3 Å². The molecule has 5 nitrogen and oxygen atoms in total. The average molecular weight is 758 g/mol. The van der Waals surface area contributed by atoms with E-state index in [2.05, 4.69) is 214 Å². The smallest absolute Gasteiger partial charge is 0.145 e. The van der Waals surface area contributed by atoms with Gasteiger partial charge in [-0.15, -0.1) is 0 Å². The Morgan fingerprint density at radius 3 is 1.68 bits per heavy atom. The van der Waals surface area contributed by atoms with Gasteiger partial charge in [-0.25, -0.2) is 4.98 Å². The van der Waals surface area contributed by atoms with Crippen LogP contribution in [0.25, 0.3) is 77.6 Å². The molecule has 0 aliphatic carbocycles. The second-order valence-electron chi connectivity index (χ2n) is 15.1. The van der Waals surface area contributed by atoms with Gasteiger partial charge in [0, 0.05) is 40.1 Å². The minimum Gasteiger partial charge on any atom is -0.366 e. The van der Waals surface area contributed by atoms with E-state index in [0.717, 1.165) is 66.7 Å². The van der Waals surface area contributed by atoms with Gasteiger partial charge >= 0.3 is 0 Å². The summed E-state index contributed by atoms with van der Waals surface area (Å²) in [6.07, 6.45) is 6.08. The zero-order chi connectivity index (χ0) is 39.1. The van der Waals surface area contributed by atoms with E-state index in [-0.39, 0.29) is 12.2 Å². The number of hydrogen-bond donors (Lipinski definition) is 2. The summed E-state index contributed by atoms with van der Waals surface area (Å²) in [6.45, 7) is 0. The molecule has 0 saturated heterocycles. The normalized spacial score (nSPS) is 15.3. The molecule has 0 spiro atoms. The van der Waals surface area contributed by atoms with Gasteiger partial charge in [0.05, 0.1) is 17.1 Å². The lowest BCUT2D eigenvalue weighted by Gasteiger charge is -2.33. The van der Waals surface area contributed by atoms with Crippen LogP contribution in [0.2, 0.25) is 0 Å². The molecule has 2 atom stereocenters. The highest BCUT2D eigenvalue weighted by Gasteiger charge is 2.25. The standard InChI is InChI=1S/C54H39N5/c1-4-12-36(13-5-1)37-20-24-40(25-21-37)49-34-50(57-53(56-49)42-14-6-2-7-15-42)41-26-22-38(23-27-41)39-28-30-44(31-29-39)59-52-47-19-11-10-18-45(47)46-32-33-55-35-48(46)51(52)58-54(59)43-16-8-3-9-17-43/h1-35,49,53,56-57H. The van der Waals surface area contributed by atoms with E-state index in [0.29, 0.717) is 0 Å². The molecule has 2 N–H and O–H groups in total. The van der Waals surface area contributed by atoms with Crippen molar-refractivity contribution in [3.8, 4) is 39.3 Å². The minimum absolute atomic E-state index is 0.0277. The molecule has 3 heterocycles. The topological polar surface area (TPSA) is 54.8 Å². The highest BCUT2D eigenvalue weighted by atomic mass is 15.2. The lowest BCUT2D eigenvalue weighted by molar-refractivity contribution is 0.443. The largest absolute Gasteiger partial charge is 0.366 e. The first-order valence-corrected chi connectivity index (χ1v) is 20.1. The third-order valence-electron chi connectivity index (χ3n) is 11.6. The van der Waals surface area contributed by atoms with Crippen LogP contribution in [0.15, 0.2) is 213 Å². The number of nitrogens with zero attached hydrogens (tertiary/aromatic N) is 3. The summed E-state index contributed by atoms with van der Waals surface area (Å²) in [5.41, 5.74) is 13.6. The van der Waals surface area contributed by atoms with Crippen LogP contribution >= 0.6 is 0 Å². The average Bonchev–Trinajstić information content (AvgIpc) is 3.74. The first-order chi connectivity index (χ1) is 29.2. The molecule has 8 aromatic carbocycles. The molecule has 0 saturated carbocycles. The lowest BCUT2D eigenvalue weighted by atomic mass is 9.95. The van der Waals surface area contributed by atoms with Crippen LogP contribution < -0.4 is 10.6 Å². The number of aromatic nitrogens is 3. The van der Waals surface area contributed by atoms with Gasteiger partial charge in [-0.2, -0.15) is 0 Å². The molecule has 2 unspecified atom stereocenters. The van der Waals surface area contributed by atoms with Crippen LogP contribution in [0.3, 0.4) is 0 Å². The Hall–Kier alpha value is -7.60. The third-order valence-corrected chi connectivity index (χ3v) is 11.6. The van der Waals surface area contributed by atoms with E-state index < -0.39 is 0 Å². The Morgan fingerprint density at radius 1 is 0.441 bits per heavy atom. The van der Waals surface area contributed by atoms with E-state index >= 15 is 0 Å². The van der Waals surface area contributed by atoms with Crippen molar-refractivity contribution < 1.29 is 0 Å². The maximum absolute atomic E-state index is 5.35. The predicted molar refractivity (Wildman–Crippen MR) is 243 cm³/mol. The first kappa shape index (κ1) is 34.6. The molecule has 1 aliphatic rings. The molecule has 0 bridgehead atoms. The highest BCUT2D eigenvalue weighted by Crippen LogP contribution is 2.39. The van der Waals surface area contributed by atoms with Crippen molar-refractivity contribution in [1.29, 1.82) is 0 Å². The number of pyridine rings is 1. The summed E-state index contributed by atoms with van der Waals surface area (Å²) < 4.78 is 2.32. The number of nitrogens with one attached hydrogen (secondary N) is 2. The fraction of sp³-hybridized carbons (Fsp3) is 0.0370. The number of fused-ring (bicyclic) bond motifs is 6. The molecule has 1 aliphatic heterocycles. The van der Waals surface area contributed by atoms with Crippen molar-refractivity contribution in [2.24, 2.45) is 0 Å². The first-order valence-electron chi connectivity index (χ1n) is 20.1. The Bertz CT molecular complexity index is 3120. The van der Waals surface area contributed by atoms with E-state index in [9.17, 15) is 0 Å². The summed E-state index contributed by atoms with van der Waals surface area (Å²) >= 11 is 0. The van der Waals surface area contributed by atoms with Gasteiger partial charge in [0.25, 0.3) is 0 Å². The molecule has 5 heteroatoms. The van der Waals surface area contributed by atoms with Crippen LogP contribution in [-0.2, 0) is 0 Å². The van der Waals surface area contributed by atoms with Crippen LogP contribution in [-0.4, -0.2) is 14.5 Å². The summed E-state index contributed by atoms with van der Waals surface area (Å²) in [5.74, 6) is 0.904. The van der Waals surface area contributed by atoms with Gasteiger partial charge in [-0.3, -0.25) is 14.9 Å². The number of benzene rings is 8. The summed E-state index contributed by atoms with van der Waals surface area (Å²) in [5, 5.41) is 12.2. The van der Waals surface area contributed by atoms with Crippen LogP contribution in [0.4, 0.5) is 0 Å². The number of imidazole rings is 1. The third kappa shape index (κ3) is 6.35. The highest BCUT2D eigenvalue weighted by molar-refractivity contribution is 6.24. The quantitative estimate of drug-likeness (QED) is 0.159. The van der Waals surface area contributed by atoms with E-state index in [1.807, 2.05) is 18.5 Å². The molecule has 10 aromatic rings. The Kier molecular flexibility index (Phi) is 8.64. The van der Waals surface area contributed by atoms with Crippen LogP contribution in [0.1, 0.15) is 28.9 Å². The second kappa shape index (κ2) is 14.7. The van der Waals surface area contributed by atoms with Crippen LogP contribution in [0, 0.1) is 0 Å². The van der Waals surface area contributed by atoms with Crippen LogP contribution in [0.5, 0.6) is 0 Å². The van der Waals surface area contributed by atoms with Crippen molar-refractivity contribution in [2.45, 2.75) is 12.2 Å². The van der Waals surface area contributed by atoms with E-state index in [1.165, 1.54) is 27.6 Å². The van der Waals surface area contributed by atoms with Gasteiger partial charge in [0.15, 0.2) is 0 Å². The maximum atomic E-state index is 5.35. The van der Waals surface area contributed by atoms with E-state index in [4.69, 9.17) is 4.98 Å². The predicted octanol–water partition coefficient (Wildman–Crippen LogP) is 12.7. The van der Waals surface area contributed by atoms with Gasteiger partial charge in [-0.05, 0) is 74.0 Å². The van der Waals surface area contributed by atoms with Crippen molar-refractivity contribution in [2.75, 3.05) is 0 Å². The zero-order valence-electron chi connectivity index (χ0n) is 32.2. The SMILES string of the molecule is C1=C(c2ccc(-c3ccc(-n4c(-c5ccccc5)nc5c6cnccc6c6ccccc6c54)cc3)cc2)NC(c2ccccc2)NC1c1ccc(-c2ccccc2)cc1. The second-order valence-corrected chi connectivity index (χ2v) is 15.1. The Balaban J connectivity index is 0.943. The number of rotatable bonds is 7. The summed E-state index contributed by atoms with van der Waals surface area (Å²) in [7, 11) is 0. The van der Waals surface area contributed by atoms with Crippen molar-refractivity contribution in [3.05, 3.63) is 229 Å². The maximum Gasteiger partial charge on any atom is 0.145 e. The van der Waals surface area contributed by atoms with Gasteiger partial charge in [0.1, 0.15) is 12.0 Å². The summed E-state index contributed by atoms with van der Waals surface area (Å²) in [4.78, 5) is 9.87. The van der Waals surface area contributed by atoms with E-state index in [1.54, 1.807) is 0 Å². The fourth-order valence-electron chi connectivity index (χ4n) is 8.63. The zero-order valence-corrected chi connectivity index (χ0v) is 32.2. The minimum atomic E-state index is -0.0476. The number of hydrogen-bond acceptors (Lipinski definition) is 4. The van der Waals surface area contributed by atoms with Crippen molar-refractivity contribution in [1.82, 2.24) is 25.2 Å². The molecule has 11 rings (SSSR count). The monoisotopic (exact) mass is 757 g/mol. The molecule has 0 fully saturated rings.